The van der Waals surface area contributed by atoms with Crippen molar-refractivity contribution in [1.29, 1.82) is 0 Å². The Bertz CT molecular complexity index is 1180. The summed E-state index contributed by atoms with van der Waals surface area (Å²) in [6.07, 6.45) is 0. The molecule has 0 fully saturated rings. The van der Waals surface area contributed by atoms with Gasteiger partial charge >= 0.3 is 10.1 Å². The number of thioether (sulfide) groups is 1. The van der Waals surface area contributed by atoms with Crippen molar-refractivity contribution in [2.45, 2.75) is 22.7 Å². The summed E-state index contributed by atoms with van der Waals surface area (Å²) >= 11 is 1.12. The molecule has 30 heavy (non-hydrogen) atoms. The van der Waals surface area contributed by atoms with Crippen LogP contribution in [0.25, 0.3) is 0 Å². The van der Waals surface area contributed by atoms with Crippen LogP contribution in [0.5, 0.6) is 5.88 Å². The maximum absolute atomic E-state index is 13.9. The van der Waals surface area contributed by atoms with Crippen LogP contribution in [0.1, 0.15) is 11.3 Å². The molecule has 0 amide bonds. The molecule has 1 aromatic heterocycles. The van der Waals surface area contributed by atoms with Crippen molar-refractivity contribution in [3.8, 4) is 5.88 Å². The third-order valence-corrected chi connectivity index (χ3v) is 5.80. The van der Waals surface area contributed by atoms with E-state index in [1.165, 1.54) is 6.92 Å². The van der Waals surface area contributed by atoms with E-state index in [0.717, 1.165) is 23.4 Å². The molecule has 1 heterocycles. The van der Waals surface area contributed by atoms with E-state index in [4.69, 9.17) is 0 Å². The molecule has 3 rings (SSSR count). The zero-order valence-electron chi connectivity index (χ0n) is 15.0. The van der Waals surface area contributed by atoms with Gasteiger partial charge in [0.1, 0.15) is 0 Å². The third kappa shape index (κ3) is 4.54. The van der Waals surface area contributed by atoms with Gasteiger partial charge in [-0.05, 0) is 12.5 Å². The van der Waals surface area contributed by atoms with Gasteiger partial charge in [0.15, 0.2) is 33.3 Å². The highest BCUT2D eigenvalue weighted by atomic mass is 32.2. The smallest absolute Gasteiger partial charge is 0.346 e. The lowest BCUT2D eigenvalue weighted by atomic mass is 10.2. The Balaban J connectivity index is 1.92. The van der Waals surface area contributed by atoms with Crippen molar-refractivity contribution in [2.24, 2.45) is 0 Å². The van der Waals surface area contributed by atoms with Gasteiger partial charge in [-0.1, -0.05) is 42.1 Å². The Kier molecular flexibility index (Phi) is 6.27. The first-order chi connectivity index (χ1) is 14.1. The Labute approximate surface area is 172 Å². The van der Waals surface area contributed by atoms with Gasteiger partial charge in [-0.2, -0.15) is 13.4 Å². The van der Waals surface area contributed by atoms with Crippen molar-refractivity contribution in [3.05, 3.63) is 76.7 Å². The lowest BCUT2D eigenvalue weighted by Gasteiger charge is -2.11. The van der Waals surface area contributed by atoms with E-state index in [0.29, 0.717) is 5.75 Å². The summed E-state index contributed by atoms with van der Waals surface area (Å²) in [7, 11) is -5.43. The van der Waals surface area contributed by atoms with Crippen LogP contribution >= 0.6 is 11.8 Å². The summed E-state index contributed by atoms with van der Waals surface area (Å²) in [6, 6.07) is 10.2. The minimum absolute atomic E-state index is 0.0847. The molecule has 0 unspecified atom stereocenters. The summed E-state index contributed by atoms with van der Waals surface area (Å²) in [4.78, 5) is 5.81. The van der Waals surface area contributed by atoms with Crippen LogP contribution in [-0.4, -0.2) is 18.4 Å². The quantitative estimate of drug-likeness (QED) is 0.134. The fourth-order valence-electron chi connectivity index (χ4n) is 2.30. The summed E-state index contributed by atoms with van der Waals surface area (Å²) in [5, 5.41) is 0.0847. The summed E-state index contributed by atoms with van der Waals surface area (Å²) < 4.78 is 96.6. The lowest BCUT2D eigenvalue weighted by Crippen LogP contribution is -2.18. The Morgan fingerprint density at radius 3 is 2.07 bits per heavy atom. The normalized spacial score (nSPS) is 11.5. The first kappa shape index (κ1) is 22.0. The van der Waals surface area contributed by atoms with Gasteiger partial charge in [0.2, 0.25) is 11.7 Å². The number of halogens is 5. The van der Waals surface area contributed by atoms with Crippen molar-refractivity contribution in [3.63, 3.8) is 0 Å². The molecule has 0 N–H and O–H groups in total. The Hall–Kier alpha value is -2.73. The SMILES string of the molecule is Cc1cc(OS(=O)(=O)c2c(F)c(F)c(F)c(F)c2F)nc(SCc2ccccc2)n1. The summed E-state index contributed by atoms with van der Waals surface area (Å²) in [6.45, 7) is 1.48. The zero-order chi connectivity index (χ0) is 22.1. The van der Waals surface area contributed by atoms with Crippen LogP contribution < -0.4 is 4.18 Å². The number of hydrogen-bond donors (Lipinski definition) is 0. The maximum atomic E-state index is 13.9. The molecule has 0 saturated carbocycles. The number of rotatable bonds is 6. The molecular weight excluding hydrogens is 451 g/mol. The molecule has 5 nitrogen and oxygen atoms in total. The molecule has 0 radical (unpaired) electrons. The number of benzene rings is 2. The average molecular weight is 462 g/mol. The van der Waals surface area contributed by atoms with Crippen molar-refractivity contribution < 1.29 is 34.6 Å². The van der Waals surface area contributed by atoms with Gasteiger partial charge in [-0.25, -0.2) is 26.9 Å². The molecule has 12 heteroatoms. The molecule has 0 aliphatic heterocycles. The van der Waals surface area contributed by atoms with Crippen molar-refractivity contribution >= 4 is 21.9 Å². The maximum Gasteiger partial charge on any atom is 0.346 e. The second-order valence-electron chi connectivity index (χ2n) is 5.84. The fourth-order valence-corrected chi connectivity index (χ4v) is 4.16. The molecule has 0 atom stereocenters. The van der Waals surface area contributed by atoms with Gasteiger partial charge in [0.25, 0.3) is 0 Å². The lowest BCUT2D eigenvalue weighted by molar-refractivity contribution is 0.352. The monoisotopic (exact) mass is 462 g/mol. The predicted molar refractivity (Wildman–Crippen MR) is 96.8 cm³/mol. The molecule has 0 spiro atoms. The Morgan fingerprint density at radius 1 is 0.900 bits per heavy atom. The van der Waals surface area contributed by atoms with Gasteiger partial charge in [0.05, 0.1) is 0 Å². The molecule has 2 aromatic carbocycles. The van der Waals surface area contributed by atoms with E-state index in [-0.39, 0.29) is 10.9 Å². The van der Waals surface area contributed by atoms with Crippen LogP contribution in [0.2, 0.25) is 0 Å². The second-order valence-corrected chi connectivity index (χ2v) is 8.27. The minimum Gasteiger partial charge on any atom is -0.358 e. The van der Waals surface area contributed by atoms with E-state index in [9.17, 15) is 30.4 Å². The molecular formula is C18H11F5N2O3S2. The van der Waals surface area contributed by atoms with E-state index in [2.05, 4.69) is 14.2 Å². The average Bonchev–Trinajstić information content (AvgIpc) is 2.69. The predicted octanol–water partition coefficient (Wildman–Crippen LogP) is 4.54. The highest BCUT2D eigenvalue weighted by Crippen LogP contribution is 2.29. The number of aryl methyl sites for hydroxylation is 1. The van der Waals surface area contributed by atoms with E-state index >= 15 is 0 Å². The fraction of sp³-hybridized carbons (Fsp3) is 0.111. The van der Waals surface area contributed by atoms with Crippen molar-refractivity contribution in [2.75, 3.05) is 0 Å². The molecule has 0 aliphatic rings. The molecule has 0 aliphatic carbocycles. The largest absolute Gasteiger partial charge is 0.358 e. The summed E-state index contributed by atoms with van der Waals surface area (Å²) in [5.41, 5.74) is 1.17. The molecule has 158 valence electrons. The second kappa shape index (κ2) is 8.56. The molecule has 3 aromatic rings. The van der Waals surface area contributed by atoms with Gasteiger partial charge in [-0.3, -0.25) is 0 Å². The van der Waals surface area contributed by atoms with E-state index in [1.54, 1.807) is 0 Å². The first-order valence-electron chi connectivity index (χ1n) is 8.08. The van der Waals surface area contributed by atoms with Gasteiger partial charge in [0, 0.05) is 17.5 Å². The standard InChI is InChI=1S/C18H11F5N2O3S2/c1-9-7-11(25-18(24-9)29-8-10-5-3-2-4-6-10)28-30(26,27)17-15(22)13(20)12(19)14(21)16(17)23/h2-7H,8H2,1H3. The first-order valence-corrected chi connectivity index (χ1v) is 10.5. The highest BCUT2D eigenvalue weighted by molar-refractivity contribution is 7.98. The number of hydrogen-bond acceptors (Lipinski definition) is 6. The topological polar surface area (TPSA) is 69.2 Å². The van der Waals surface area contributed by atoms with Gasteiger partial charge in [-0.15, -0.1) is 0 Å². The number of nitrogens with zero attached hydrogens (tertiary/aromatic N) is 2. The van der Waals surface area contributed by atoms with Crippen LogP contribution in [0, 0.1) is 36.0 Å². The highest BCUT2D eigenvalue weighted by Gasteiger charge is 2.35. The molecule has 0 bridgehead atoms. The third-order valence-electron chi connectivity index (χ3n) is 3.64. The summed E-state index contributed by atoms with van der Waals surface area (Å²) in [5.74, 6) is -12.6. The Morgan fingerprint density at radius 2 is 1.47 bits per heavy atom. The zero-order valence-corrected chi connectivity index (χ0v) is 16.6. The van der Waals surface area contributed by atoms with Crippen LogP contribution in [0.4, 0.5) is 22.0 Å². The van der Waals surface area contributed by atoms with E-state index in [1.807, 2.05) is 30.3 Å². The van der Waals surface area contributed by atoms with Crippen molar-refractivity contribution in [1.82, 2.24) is 9.97 Å². The number of aromatic nitrogens is 2. The minimum atomic E-state index is -5.43. The van der Waals surface area contributed by atoms with Crippen LogP contribution in [0.3, 0.4) is 0 Å². The van der Waals surface area contributed by atoms with Crippen LogP contribution in [0.15, 0.2) is 46.5 Å². The molecule has 0 saturated heterocycles. The van der Waals surface area contributed by atoms with E-state index < -0.39 is 50.0 Å². The van der Waals surface area contributed by atoms with Gasteiger partial charge < -0.3 is 4.18 Å². The van der Waals surface area contributed by atoms with Crippen LogP contribution in [-0.2, 0) is 15.9 Å².